The van der Waals surface area contributed by atoms with Crippen LogP contribution in [-0.2, 0) is 18.8 Å². The van der Waals surface area contributed by atoms with Gasteiger partial charge in [0.05, 0.1) is 19.0 Å². The number of hydrogen-bond donors (Lipinski definition) is 5. The molecule has 5 N–H and O–H groups in total. The molecule has 4 atom stereocenters. The molecule has 0 bridgehead atoms. The van der Waals surface area contributed by atoms with Crippen LogP contribution in [0.3, 0.4) is 0 Å². The van der Waals surface area contributed by atoms with E-state index in [1.807, 2.05) is 6.92 Å². The summed E-state index contributed by atoms with van der Waals surface area (Å²) in [5.74, 6) is -2.48. The molecule has 15 heteroatoms. The Morgan fingerprint density at radius 2 is 2.16 bits per heavy atom. The number of nitrogens with one attached hydrogen (secondary N) is 2. The fraction of sp³-hybridized carbons (Fsp3) is 0.625. The van der Waals surface area contributed by atoms with E-state index in [-0.39, 0.29) is 18.2 Å². The number of aromatic nitrogens is 4. The Morgan fingerprint density at radius 3 is 2.81 bits per heavy atom. The van der Waals surface area contributed by atoms with Crippen molar-refractivity contribution in [3.63, 3.8) is 0 Å². The van der Waals surface area contributed by atoms with Gasteiger partial charge in [0, 0.05) is 19.5 Å². The Labute approximate surface area is 182 Å². The van der Waals surface area contributed by atoms with E-state index < -0.39 is 44.4 Å². The lowest BCUT2D eigenvalue weighted by molar-refractivity contribution is -0.132. The molecule has 1 saturated heterocycles. The van der Waals surface area contributed by atoms with E-state index >= 15 is 0 Å². The molecule has 0 radical (unpaired) electrons. The number of hydrogen-bond acceptors (Lipinski definition) is 9. The fourth-order valence-corrected chi connectivity index (χ4v) is 4.04. The molecule has 0 aliphatic carbocycles. The summed E-state index contributed by atoms with van der Waals surface area (Å²) < 4.78 is 24.2. The van der Waals surface area contributed by atoms with Crippen molar-refractivity contribution >= 4 is 42.1 Å². The minimum Gasteiger partial charge on any atom is -0.390 e. The quantitative estimate of drug-likeness (QED) is 0.245. The molecular weight excluding hydrogens is 455 g/mol. The Balaban J connectivity index is 1.75. The summed E-state index contributed by atoms with van der Waals surface area (Å²) in [6, 6.07) is 0. The number of fused-ring (bicyclic) bond motifs is 1. The van der Waals surface area contributed by atoms with Crippen LogP contribution < -0.4 is 10.6 Å². The van der Waals surface area contributed by atoms with E-state index in [1.54, 1.807) is 11.5 Å². The standard InChI is InChI=1S/C16H24ClN6O7P/c1-3-18-12-11-13(22-16(17)21-12)23(7-20-11)10-5-8(24)9(30-10)6-29-15(31(26,27)28)14(25)19-4-2/h7-10,15,24H,3-6H2,1-2H3,(H,19,25)(H,18,21,22)(H2,26,27,28). The monoisotopic (exact) mass is 478 g/mol. The second kappa shape index (κ2) is 9.74. The number of aliphatic hydroxyl groups excluding tert-OH is 1. The molecule has 3 rings (SSSR count). The topological polar surface area (TPSA) is 181 Å². The van der Waals surface area contributed by atoms with Crippen LogP contribution >= 0.6 is 19.2 Å². The van der Waals surface area contributed by atoms with Crippen LogP contribution in [-0.4, -0.2) is 78.1 Å². The summed E-state index contributed by atoms with van der Waals surface area (Å²) in [4.78, 5) is 43.3. The molecule has 4 unspecified atom stereocenters. The van der Waals surface area contributed by atoms with Gasteiger partial charge in [-0.25, -0.2) is 4.98 Å². The highest BCUT2D eigenvalue weighted by atomic mass is 35.5. The summed E-state index contributed by atoms with van der Waals surface area (Å²) in [5, 5.41) is 15.7. The van der Waals surface area contributed by atoms with Gasteiger partial charge in [-0.05, 0) is 25.4 Å². The van der Waals surface area contributed by atoms with Crippen LogP contribution in [0.1, 0.15) is 26.5 Å². The van der Waals surface area contributed by atoms with Crippen molar-refractivity contribution in [1.29, 1.82) is 0 Å². The average molecular weight is 479 g/mol. The highest BCUT2D eigenvalue weighted by molar-refractivity contribution is 7.53. The lowest BCUT2D eigenvalue weighted by Crippen LogP contribution is -2.39. The van der Waals surface area contributed by atoms with Gasteiger partial charge in [-0.3, -0.25) is 13.9 Å². The summed E-state index contributed by atoms with van der Waals surface area (Å²) in [6.07, 6.45) is -1.02. The van der Waals surface area contributed by atoms with E-state index in [9.17, 15) is 24.3 Å². The van der Waals surface area contributed by atoms with E-state index in [0.29, 0.717) is 23.5 Å². The molecule has 0 spiro atoms. The van der Waals surface area contributed by atoms with Gasteiger partial charge in [-0.1, -0.05) is 0 Å². The molecule has 0 saturated carbocycles. The zero-order valence-electron chi connectivity index (χ0n) is 16.8. The molecule has 31 heavy (non-hydrogen) atoms. The van der Waals surface area contributed by atoms with Crippen molar-refractivity contribution in [3.05, 3.63) is 11.6 Å². The zero-order chi connectivity index (χ0) is 22.8. The number of halogens is 1. The van der Waals surface area contributed by atoms with E-state index in [2.05, 4.69) is 25.6 Å². The first-order chi connectivity index (χ1) is 14.7. The van der Waals surface area contributed by atoms with Crippen molar-refractivity contribution in [2.75, 3.05) is 25.0 Å². The van der Waals surface area contributed by atoms with Crippen molar-refractivity contribution in [2.45, 2.75) is 44.5 Å². The number of rotatable bonds is 9. The van der Waals surface area contributed by atoms with Crippen LogP contribution in [0.25, 0.3) is 11.2 Å². The number of carbonyl (C=O) groups is 1. The predicted molar refractivity (Wildman–Crippen MR) is 109 cm³/mol. The number of amides is 1. The van der Waals surface area contributed by atoms with Crippen molar-refractivity contribution in [2.24, 2.45) is 0 Å². The SMILES string of the molecule is CCNC(=O)C(OCC1OC(n2cnc3c(NCC)nc(Cl)nc32)CC1O)P(=O)(O)O. The van der Waals surface area contributed by atoms with Crippen LogP contribution in [0.5, 0.6) is 0 Å². The van der Waals surface area contributed by atoms with Gasteiger partial charge < -0.3 is 35.0 Å². The molecule has 13 nitrogen and oxygen atoms in total. The molecule has 3 heterocycles. The second-order valence-corrected chi connectivity index (χ2v) is 8.78. The van der Waals surface area contributed by atoms with Crippen molar-refractivity contribution < 1.29 is 33.7 Å². The first-order valence-corrected chi connectivity index (χ1v) is 11.6. The molecule has 172 valence electrons. The van der Waals surface area contributed by atoms with Crippen LogP contribution in [0, 0.1) is 0 Å². The summed E-state index contributed by atoms with van der Waals surface area (Å²) in [7, 11) is -4.88. The van der Waals surface area contributed by atoms with Crippen LogP contribution in [0.4, 0.5) is 5.82 Å². The number of nitrogens with zero attached hydrogens (tertiary/aromatic N) is 4. The highest BCUT2D eigenvalue weighted by Gasteiger charge is 2.41. The first kappa shape index (κ1) is 23.8. The number of carbonyl (C=O) groups excluding carboxylic acids is 1. The minimum absolute atomic E-state index is 0.00931. The van der Waals surface area contributed by atoms with E-state index in [4.69, 9.17) is 21.1 Å². The first-order valence-electron chi connectivity index (χ1n) is 9.57. The smallest absolute Gasteiger partial charge is 0.363 e. The van der Waals surface area contributed by atoms with E-state index in [0.717, 1.165) is 0 Å². The maximum absolute atomic E-state index is 11.9. The molecular formula is C16H24ClN6O7P. The summed E-state index contributed by atoms with van der Waals surface area (Å²) >= 11 is 6.01. The molecule has 0 aromatic carbocycles. The Bertz CT molecular complexity index is 985. The third kappa shape index (κ3) is 5.32. The van der Waals surface area contributed by atoms with Gasteiger partial charge in [0.2, 0.25) is 11.1 Å². The normalized spacial score (nSPS) is 22.6. The summed E-state index contributed by atoms with van der Waals surface area (Å²) in [6.45, 7) is 3.87. The minimum atomic E-state index is -4.88. The van der Waals surface area contributed by atoms with Gasteiger partial charge in [0.15, 0.2) is 17.0 Å². The second-order valence-electron chi connectivity index (χ2n) is 6.80. The van der Waals surface area contributed by atoms with Crippen LogP contribution in [0.15, 0.2) is 6.33 Å². The molecule has 1 amide bonds. The number of likely N-dealkylation sites (N-methyl/N-ethyl adjacent to an activating group) is 1. The highest BCUT2D eigenvalue weighted by Crippen LogP contribution is 2.42. The predicted octanol–water partition coefficient (Wildman–Crippen LogP) is 0.216. The average Bonchev–Trinajstić information content (AvgIpc) is 3.25. The van der Waals surface area contributed by atoms with Gasteiger partial charge in [-0.15, -0.1) is 0 Å². The van der Waals surface area contributed by atoms with Gasteiger partial charge in [0.25, 0.3) is 5.91 Å². The van der Waals surface area contributed by atoms with Crippen molar-refractivity contribution in [3.8, 4) is 0 Å². The third-order valence-corrected chi connectivity index (χ3v) is 5.72. The largest absolute Gasteiger partial charge is 0.390 e. The Hall–Kier alpha value is -1.86. The van der Waals surface area contributed by atoms with Crippen molar-refractivity contribution in [1.82, 2.24) is 24.8 Å². The fourth-order valence-electron chi connectivity index (χ4n) is 3.20. The summed E-state index contributed by atoms with van der Waals surface area (Å²) in [5.41, 5.74) is 0.868. The van der Waals surface area contributed by atoms with Gasteiger partial charge >= 0.3 is 7.60 Å². The van der Waals surface area contributed by atoms with Gasteiger partial charge in [0.1, 0.15) is 12.3 Å². The van der Waals surface area contributed by atoms with Crippen LogP contribution in [0.2, 0.25) is 5.28 Å². The molecule has 2 aromatic rings. The zero-order valence-corrected chi connectivity index (χ0v) is 18.5. The lowest BCUT2D eigenvalue weighted by Gasteiger charge is -2.21. The number of ether oxygens (including phenoxy) is 2. The molecule has 1 fully saturated rings. The lowest BCUT2D eigenvalue weighted by atomic mass is 10.2. The Morgan fingerprint density at radius 1 is 1.42 bits per heavy atom. The van der Waals surface area contributed by atoms with Gasteiger partial charge in [-0.2, -0.15) is 9.97 Å². The molecule has 2 aromatic heterocycles. The van der Waals surface area contributed by atoms with E-state index in [1.165, 1.54) is 6.33 Å². The number of aliphatic hydroxyl groups is 1. The Kier molecular flexibility index (Phi) is 7.47. The third-order valence-electron chi connectivity index (χ3n) is 4.55. The number of imidazole rings is 1. The maximum atomic E-state index is 11.9. The molecule has 1 aliphatic heterocycles. The number of anilines is 1. The molecule has 1 aliphatic rings. The maximum Gasteiger partial charge on any atom is 0.363 e.